The smallest absolute Gasteiger partial charge is 0.311 e. The predicted octanol–water partition coefficient (Wildman–Crippen LogP) is 2.10. The molecule has 1 aromatic carbocycles. The molecular formula is C11H11FO3. The standard InChI is InChI=1S/C11H11FO3/c1-6-3-4-8(7(2)11(6)12)9(13)5-10(14)15/h3-4H,5H2,1-2H3,(H,14,15). The van der Waals surface area contributed by atoms with Crippen molar-refractivity contribution in [1.82, 2.24) is 0 Å². The van der Waals surface area contributed by atoms with Gasteiger partial charge in [0, 0.05) is 5.56 Å². The van der Waals surface area contributed by atoms with Crippen LogP contribution in [0.4, 0.5) is 4.39 Å². The maximum atomic E-state index is 13.4. The molecule has 0 saturated heterocycles. The van der Waals surface area contributed by atoms with E-state index in [1.807, 2.05) is 0 Å². The quantitative estimate of drug-likeness (QED) is 0.614. The van der Waals surface area contributed by atoms with Crippen LogP contribution in [0.5, 0.6) is 0 Å². The number of ketones is 1. The van der Waals surface area contributed by atoms with E-state index < -0.39 is 24.0 Å². The van der Waals surface area contributed by atoms with E-state index in [2.05, 4.69) is 0 Å². The SMILES string of the molecule is Cc1ccc(C(=O)CC(=O)O)c(C)c1F. The van der Waals surface area contributed by atoms with Crippen LogP contribution in [0.25, 0.3) is 0 Å². The largest absolute Gasteiger partial charge is 0.481 e. The molecule has 1 rings (SSSR count). The number of hydrogen-bond donors (Lipinski definition) is 1. The summed E-state index contributed by atoms with van der Waals surface area (Å²) in [5, 5.41) is 8.45. The second kappa shape index (κ2) is 4.21. The minimum absolute atomic E-state index is 0.139. The number of carboxylic acid groups (broad SMARTS) is 1. The van der Waals surface area contributed by atoms with E-state index in [0.29, 0.717) is 5.56 Å². The van der Waals surface area contributed by atoms with Crippen molar-refractivity contribution in [1.29, 1.82) is 0 Å². The Bertz CT molecular complexity index is 424. The number of halogens is 1. The van der Waals surface area contributed by atoms with Crippen LogP contribution in [-0.4, -0.2) is 16.9 Å². The molecule has 0 amide bonds. The Labute approximate surface area is 86.5 Å². The van der Waals surface area contributed by atoms with Gasteiger partial charge in [-0.15, -0.1) is 0 Å². The average molecular weight is 210 g/mol. The van der Waals surface area contributed by atoms with Gasteiger partial charge in [0.15, 0.2) is 5.78 Å². The fraction of sp³-hybridized carbons (Fsp3) is 0.273. The van der Waals surface area contributed by atoms with E-state index >= 15 is 0 Å². The van der Waals surface area contributed by atoms with E-state index in [-0.39, 0.29) is 11.1 Å². The van der Waals surface area contributed by atoms with Crippen LogP contribution in [0.15, 0.2) is 12.1 Å². The van der Waals surface area contributed by atoms with Crippen LogP contribution in [-0.2, 0) is 4.79 Å². The maximum absolute atomic E-state index is 13.4. The van der Waals surface area contributed by atoms with Gasteiger partial charge >= 0.3 is 5.97 Å². The summed E-state index contributed by atoms with van der Waals surface area (Å²) >= 11 is 0. The highest BCUT2D eigenvalue weighted by molar-refractivity contribution is 6.06. The summed E-state index contributed by atoms with van der Waals surface area (Å²) in [6.07, 6.45) is -0.608. The number of benzene rings is 1. The topological polar surface area (TPSA) is 54.4 Å². The molecule has 15 heavy (non-hydrogen) atoms. The first-order valence-electron chi connectivity index (χ1n) is 4.44. The van der Waals surface area contributed by atoms with E-state index in [1.54, 1.807) is 6.92 Å². The maximum Gasteiger partial charge on any atom is 0.311 e. The molecule has 0 aliphatic rings. The lowest BCUT2D eigenvalue weighted by Crippen LogP contribution is -2.09. The van der Waals surface area contributed by atoms with Gasteiger partial charge in [0.1, 0.15) is 12.2 Å². The molecule has 0 aliphatic carbocycles. The molecule has 0 bridgehead atoms. The van der Waals surface area contributed by atoms with Crippen molar-refractivity contribution in [3.8, 4) is 0 Å². The molecule has 3 nitrogen and oxygen atoms in total. The first-order valence-corrected chi connectivity index (χ1v) is 4.44. The zero-order chi connectivity index (χ0) is 11.6. The summed E-state index contributed by atoms with van der Waals surface area (Å²) in [6.45, 7) is 3.06. The lowest BCUT2D eigenvalue weighted by molar-refractivity contribution is -0.135. The third-order valence-corrected chi connectivity index (χ3v) is 2.19. The minimum atomic E-state index is -1.21. The van der Waals surface area contributed by atoms with E-state index in [4.69, 9.17) is 5.11 Å². The molecule has 0 atom stereocenters. The highest BCUT2D eigenvalue weighted by Crippen LogP contribution is 2.17. The lowest BCUT2D eigenvalue weighted by Gasteiger charge is -2.06. The van der Waals surface area contributed by atoms with Crippen molar-refractivity contribution in [2.45, 2.75) is 20.3 Å². The zero-order valence-electron chi connectivity index (χ0n) is 8.50. The lowest BCUT2D eigenvalue weighted by atomic mass is 10.00. The molecule has 0 unspecified atom stereocenters. The third kappa shape index (κ3) is 2.40. The van der Waals surface area contributed by atoms with Crippen LogP contribution in [0, 0.1) is 19.7 Å². The number of rotatable bonds is 3. The number of carbonyl (C=O) groups excluding carboxylic acids is 1. The fourth-order valence-electron chi connectivity index (χ4n) is 1.36. The molecule has 0 radical (unpaired) electrons. The molecule has 80 valence electrons. The Kier molecular flexibility index (Phi) is 3.19. The second-order valence-electron chi connectivity index (χ2n) is 3.36. The Balaban J connectivity index is 3.11. The third-order valence-electron chi connectivity index (χ3n) is 2.19. The molecule has 0 spiro atoms. The number of Topliss-reactive ketones (excluding diaryl/α,β-unsaturated/α-hetero) is 1. The summed E-state index contributed by atoms with van der Waals surface area (Å²) < 4.78 is 13.4. The van der Waals surface area contributed by atoms with Crippen molar-refractivity contribution in [2.24, 2.45) is 0 Å². The monoisotopic (exact) mass is 210 g/mol. The average Bonchev–Trinajstić information content (AvgIpc) is 2.13. The summed E-state index contributed by atoms with van der Waals surface area (Å²) in [5.74, 6) is -2.23. The molecule has 0 aliphatic heterocycles. The van der Waals surface area contributed by atoms with Gasteiger partial charge in [0.25, 0.3) is 0 Å². The van der Waals surface area contributed by atoms with Crippen molar-refractivity contribution in [3.05, 3.63) is 34.6 Å². The van der Waals surface area contributed by atoms with Gasteiger partial charge in [-0.1, -0.05) is 12.1 Å². The molecule has 0 heterocycles. The normalized spacial score (nSPS) is 10.1. The van der Waals surface area contributed by atoms with Crippen LogP contribution >= 0.6 is 0 Å². The van der Waals surface area contributed by atoms with Gasteiger partial charge in [-0.3, -0.25) is 9.59 Å². The summed E-state index contributed by atoms with van der Waals surface area (Å²) in [6, 6.07) is 2.93. The van der Waals surface area contributed by atoms with Gasteiger partial charge in [-0.25, -0.2) is 4.39 Å². The Morgan fingerprint density at radius 3 is 2.47 bits per heavy atom. The van der Waals surface area contributed by atoms with E-state index in [0.717, 1.165) is 0 Å². The fourth-order valence-corrected chi connectivity index (χ4v) is 1.36. The van der Waals surface area contributed by atoms with Gasteiger partial charge < -0.3 is 5.11 Å². The van der Waals surface area contributed by atoms with Crippen molar-refractivity contribution in [3.63, 3.8) is 0 Å². The number of hydrogen-bond acceptors (Lipinski definition) is 2. The van der Waals surface area contributed by atoms with Crippen LogP contribution in [0.1, 0.15) is 27.9 Å². The molecule has 1 aromatic rings. The predicted molar refractivity (Wildman–Crippen MR) is 52.5 cm³/mol. The van der Waals surface area contributed by atoms with Crippen LogP contribution in [0.2, 0.25) is 0 Å². The number of aryl methyl sites for hydroxylation is 1. The number of carbonyl (C=O) groups is 2. The molecule has 0 saturated carbocycles. The zero-order valence-corrected chi connectivity index (χ0v) is 8.50. The molecular weight excluding hydrogens is 199 g/mol. The molecule has 0 aromatic heterocycles. The molecule has 4 heteroatoms. The highest BCUT2D eigenvalue weighted by atomic mass is 19.1. The van der Waals surface area contributed by atoms with Gasteiger partial charge in [-0.05, 0) is 25.0 Å². The first kappa shape index (κ1) is 11.4. The Hall–Kier alpha value is -1.71. The minimum Gasteiger partial charge on any atom is -0.481 e. The van der Waals surface area contributed by atoms with Crippen LogP contribution in [0.3, 0.4) is 0 Å². The van der Waals surface area contributed by atoms with Gasteiger partial charge in [-0.2, -0.15) is 0 Å². The van der Waals surface area contributed by atoms with E-state index in [9.17, 15) is 14.0 Å². The van der Waals surface area contributed by atoms with Crippen molar-refractivity contribution >= 4 is 11.8 Å². The number of carboxylic acids is 1. The molecule has 0 fully saturated rings. The number of aliphatic carboxylic acids is 1. The van der Waals surface area contributed by atoms with E-state index in [1.165, 1.54) is 19.1 Å². The second-order valence-corrected chi connectivity index (χ2v) is 3.36. The molecule has 1 N–H and O–H groups in total. The Morgan fingerprint density at radius 1 is 1.33 bits per heavy atom. The summed E-state index contributed by atoms with van der Waals surface area (Å²) in [5.41, 5.74) is 0.793. The van der Waals surface area contributed by atoms with Crippen molar-refractivity contribution in [2.75, 3.05) is 0 Å². The summed E-state index contributed by atoms with van der Waals surface area (Å²) in [7, 11) is 0. The van der Waals surface area contributed by atoms with Gasteiger partial charge in [0.05, 0.1) is 0 Å². The highest BCUT2D eigenvalue weighted by Gasteiger charge is 2.15. The summed E-state index contributed by atoms with van der Waals surface area (Å²) in [4.78, 5) is 21.7. The van der Waals surface area contributed by atoms with Crippen LogP contribution < -0.4 is 0 Å². The van der Waals surface area contributed by atoms with Gasteiger partial charge in [0.2, 0.25) is 0 Å². The van der Waals surface area contributed by atoms with Crippen molar-refractivity contribution < 1.29 is 19.1 Å². The Morgan fingerprint density at radius 2 is 1.93 bits per heavy atom. The first-order chi connectivity index (χ1) is 6.93.